The van der Waals surface area contributed by atoms with Crippen LogP contribution in [0.25, 0.3) is 0 Å². The third kappa shape index (κ3) is 24.8. The van der Waals surface area contributed by atoms with Gasteiger partial charge in [-0.3, -0.25) is 13.9 Å². The quantitative estimate of drug-likeness (QED) is 0.582. The molecule has 0 spiro atoms. The van der Waals surface area contributed by atoms with E-state index in [4.69, 9.17) is 14.9 Å². The van der Waals surface area contributed by atoms with Crippen LogP contribution in [0.3, 0.4) is 0 Å². The van der Waals surface area contributed by atoms with Gasteiger partial charge in [-0.15, -0.1) is 0 Å². The number of carboxylic acids is 1. The Morgan fingerprint density at radius 1 is 1.27 bits per heavy atom. The first-order valence-electron chi connectivity index (χ1n) is 3.76. The van der Waals surface area contributed by atoms with Crippen molar-refractivity contribution in [3.05, 3.63) is 0 Å². The van der Waals surface area contributed by atoms with E-state index in [1.165, 1.54) is 0 Å². The molecule has 0 heterocycles. The highest BCUT2D eigenvalue weighted by Gasteiger charge is 1.95. The summed E-state index contributed by atoms with van der Waals surface area (Å²) in [5.41, 5.74) is 0. The van der Waals surface area contributed by atoms with Gasteiger partial charge in [0, 0.05) is 6.54 Å². The van der Waals surface area contributed by atoms with E-state index >= 15 is 0 Å². The maximum atomic E-state index is 9.88. The van der Waals surface area contributed by atoms with E-state index in [0.29, 0.717) is 6.54 Å². The standard InChI is InChI=1S/C5H11NO2.H4O5P2/c1-6(2)4-3-5(7)8;1-6(2)5-7(3)4/h3-4H2,1-2H3,(H,7,8);6-7H,(H,1,2)(H,3,4). The summed E-state index contributed by atoms with van der Waals surface area (Å²) in [5, 5.41) is 8.14. The fraction of sp³-hybridized carbons (Fsp3) is 0.800. The fourth-order valence-electron chi connectivity index (χ4n) is 0.394. The highest BCUT2D eigenvalue weighted by Crippen LogP contribution is 2.30. The van der Waals surface area contributed by atoms with Crippen molar-refractivity contribution in [1.29, 1.82) is 0 Å². The van der Waals surface area contributed by atoms with Crippen molar-refractivity contribution in [3.8, 4) is 0 Å². The van der Waals surface area contributed by atoms with Gasteiger partial charge in [-0.1, -0.05) is 0 Å². The number of nitrogens with zero attached hydrogens (tertiary/aromatic N) is 1. The average molecular weight is 263 g/mol. The van der Waals surface area contributed by atoms with Crippen LogP contribution >= 0.6 is 16.5 Å². The molecule has 0 saturated heterocycles. The van der Waals surface area contributed by atoms with Gasteiger partial charge in [0.15, 0.2) is 0 Å². The Morgan fingerprint density at radius 3 is 1.73 bits per heavy atom. The molecule has 0 aliphatic rings. The van der Waals surface area contributed by atoms with E-state index in [9.17, 15) is 13.9 Å². The lowest BCUT2D eigenvalue weighted by Crippen LogP contribution is -2.15. The van der Waals surface area contributed by atoms with E-state index in [2.05, 4.69) is 4.31 Å². The van der Waals surface area contributed by atoms with Crippen molar-refractivity contribution in [1.82, 2.24) is 4.90 Å². The van der Waals surface area contributed by atoms with Crippen LogP contribution in [0.4, 0.5) is 0 Å². The van der Waals surface area contributed by atoms with Gasteiger partial charge in [-0.2, -0.15) is 0 Å². The summed E-state index contributed by atoms with van der Waals surface area (Å²) >= 11 is 0. The van der Waals surface area contributed by atoms with Gasteiger partial charge >= 0.3 is 22.5 Å². The zero-order valence-electron chi connectivity index (χ0n) is 8.34. The molecule has 2 atom stereocenters. The first-order valence-corrected chi connectivity index (χ1v) is 6.28. The van der Waals surface area contributed by atoms with Crippen LogP contribution in [0, 0.1) is 0 Å². The molecule has 92 valence electrons. The van der Waals surface area contributed by atoms with E-state index in [1.54, 1.807) is 0 Å². The Kier molecular flexibility index (Phi) is 11.8. The van der Waals surface area contributed by atoms with Gasteiger partial charge in [0.05, 0.1) is 6.42 Å². The van der Waals surface area contributed by atoms with Gasteiger partial charge in [-0.25, -0.2) is 4.31 Å². The average Bonchev–Trinajstić information content (AvgIpc) is 1.99. The van der Waals surface area contributed by atoms with E-state index in [1.807, 2.05) is 19.0 Å². The van der Waals surface area contributed by atoms with Crippen LogP contribution in [0.5, 0.6) is 0 Å². The molecule has 0 aliphatic heterocycles. The summed E-state index contributed by atoms with van der Waals surface area (Å²) in [4.78, 5) is 27.1. The largest absolute Gasteiger partial charge is 0.481 e. The second kappa shape index (κ2) is 10.3. The summed E-state index contributed by atoms with van der Waals surface area (Å²) < 4.78 is 22.3. The van der Waals surface area contributed by atoms with E-state index < -0.39 is 22.5 Å². The Bertz CT molecular complexity index is 219. The topological polar surface area (TPSA) is 124 Å². The molecule has 10 heteroatoms. The zero-order valence-corrected chi connectivity index (χ0v) is 10.3. The third-order valence-electron chi connectivity index (χ3n) is 0.948. The highest BCUT2D eigenvalue weighted by atomic mass is 31.2. The summed E-state index contributed by atoms with van der Waals surface area (Å²) in [6.45, 7) is 0.620. The van der Waals surface area contributed by atoms with Crippen molar-refractivity contribution >= 4 is 22.5 Å². The predicted octanol–water partition coefficient (Wildman–Crippen LogP) is -0.210. The SMILES string of the molecule is CN(C)CCC(=O)O.O=[PH](O)O[PH](=O)O. The first kappa shape index (κ1) is 17.2. The number of carbonyl (C=O) groups is 1. The minimum atomic E-state index is -3.20. The summed E-state index contributed by atoms with van der Waals surface area (Å²) in [7, 11) is -2.70. The molecule has 0 rings (SSSR count). The Morgan fingerprint density at radius 2 is 1.67 bits per heavy atom. The maximum Gasteiger partial charge on any atom is 0.323 e. The molecule has 2 unspecified atom stereocenters. The lowest BCUT2D eigenvalue weighted by atomic mass is 10.4. The summed E-state index contributed by atoms with van der Waals surface area (Å²) in [5.74, 6) is -0.737. The highest BCUT2D eigenvalue weighted by molar-refractivity contribution is 7.46. The van der Waals surface area contributed by atoms with Crippen LogP contribution in [0.2, 0.25) is 0 Å². The Balaban J connectivity index is 0. The molecule has 0 aromatic rings. The minimum Gasteiger partial charge on any atom is -0.481 e. The normalized spacial score (nSPS) is 13.9. The van der Waals surface area contributed by atoms with Gasteiger partial charge in [-0.05, 0) is 14.1 Å². The van der Waals surface area contributed by atoms with Crippen LogP contribution in [0.1, 0.15) is 6.42 Å². The molecule has 0 bridgehead atoms. The minimum absolute atomic E-state index is 0.229. The molecule has 0 aliphatic carbocycles. The number of rotatable bonds is 5. The third-order valence-corrected chi connectivity index (χ3v) is 2.34. The monoisotopic (exact) mass is 263 g/mol. The van der Waals surface area contributed by atoms with Gasteiger partial charge < -0.3 is 19.8 Å². The van der Waals surface area contributed by atoms with Crippen LogP contribution < -0.4 is 0 Å². The number of carboxylic acid groups (broad SMARTS) is 1. The van der Waals surface area contributed by atoms with Crippen LogP contribution in [-0.4, -0.2) is 46.4 Å². The Hall–Kier alpha value is -0.230. The summed E-state index contributed by atoms with van der Waals surface area (Å²) in [6, 6.07) is 0. The maximum absolute atomic E-state index is 9.88. The van der Waals surface area contributed by atoms with Gasteiger partial charge in [0.25, 0.3) is 0 Å². The molecule has 0 saturated carbocycles. The van der Waals surface area contributed by atoms with Crippen LogP contribution in [0.15, 0.2) is 0 Å². The van der Waals surface area contributed by atoms with Crippen molar-refractivity contribution < 1.29 is 33.1 Å². The zero-order chi connectivity index (χ0) is 12.4. The molecular weight excluding hydrogens is 248 g/mol. The molecule has 15 heavy (non-hydrogen) atoms. The molecule has 0 aromatic heterocycles. The predicted molar refractivity (Wildman–Crippen MR) is 54.3 cm³/mol. The second-order valence-electron chi connectivity index (χ2n) is 2.58. The van der Waals surface area contributed by atoms with Crippen molar-refractivity contribution in [2.45, 2.75) is 6.42 Å². The fourth-order valence-corrected chi connectivity index (χ4v) is 0.991. The molecule has 3 N–H and O–H groups in total. The smallest absolute Gasteiger partial charge is 0.323 e. The molecule has 0 aromatic carbocycles. The molecule has 0 amide bonds. The lowest BCUT2D eigenvalue weighted by Gasteiger charge is -2.04. The number of hydrogen-bond donors (Lipinski definition) is 3. The number of hydrogen-bond acceptors (Lipinski definition) is 5. The number of aliphatic carboxylic acids is 1. The molecule has 0 radical (unpaired) electrons. The van der Waals surface area contributed by atoms with E-state index in [-0.39, 0.29) is 6.42 Å². The van der Waals surface area contributed by atoms with Gasteiger partial charge in [0.2, 0.25) is 0 Å². The molecular formula is C5H15NO7P2. The second-order valence-corrected chi connectivity index (χ2v) is 4.46. The van der Waals surface area contributed by atoms with Crippen molar-refractivity contribution in [2.75, 3.05) is 20.6 Å². The van der Waals surface area contributed by atoms with E-state index in [0.717, 1.165) is 0 Å². The van der Waals surface area contributed by atoms with Crippen LogP contribution in [-0.2, 0) is 18.2 Å². The van der Waals surface area contributed by atoms with Crippen molar-refractivity contribution in [3.63, 3.8) is 0 Å². The Labute approximate surface area is 88.4 Å². The van der Waals surface area contributed by atoms with Crippen molar-refractivity contribution in [2.24, 2.45) is 0 Å². The first-order chi connectivity index (χ1) is 6.75. The lowest BCUT2D eigenvalue weighted by molar-refractivity contribution is -0.137. The van der Waals surface area contributed by atoms with Gasteiger partial charge in [0.1, 0.15) is 0 Å². The molecule has 8 nitrogen and oxygen atoms in total. The molecule has 0 fully saturated rings. The summed E-state index contributed by atoms with van der Waals surface area (Å²) in [6.07, 6.45) is 0.229.